The summed E-state index contributed by atoms with van der Waals surface area (Å²) in [7, 11) is -2.82. The Morgan fingerprint density at radius 1 is 0.571 bits per heavy atom. The Bertz CT molecular complexity index is 539. The predicted octanol–water partition coefficient (Wildman–Crippen LogP) is 0.746. The van der Waals surface area contributed by atoms with Crippen LogP contribution in [0.2, 0.25) is 0 Å². The van der Waals surface area contributed by atoms with Crippen LogP contribution in [0.1, 0.15) is 0 Å². The van der Waals surface area contributed by atoms with Gasteiger partial charge in [-0.15, -0.1) is 0 Å². The Balaban J connectivity index is 7.84. The average molecular weight is 244 g/mol. The van der Waals surface area contributed by atoms with Crippen LogP contribution in [0.4, 0.5) is 0 Å². The predicted molar refractivity (Wildman–Crippen MR) is 41.3 cm³/mol. The normalized spacial score (nSPS) is 16.3. The summed E-state index contributed by atoms with van der Waals surface area (Å²) in [4.78, 5) is 5.52. The topological polar surface area (TPSA) is 143 Å². The zero-order chi connectivity index (χ0) is 11.6. The fourth-order valence-corrected chi connectivity index (χ4v) is 1.09. The van der Waals surface area contributed by atoms with E-state index in [4.69, 9.17) is 31.6 Å². The third kappa shape index (κ3) is 0.643. The van der Waals surface area contributed by atoms with Gasteiger partial charge in [0, 0.05) is 0 Å². The van der Waals surface area contributed by atoms with Crippen molar-refractivity contribution >= 4 is 10.6 Å². The zero-order valence-electron chi connectivity index (χ0n) is 6.45. The summed E-state index contributed by atoms with van der Waals surface area (Å²) in [6, 6.07) is 0. The first-order valence-corrected chi connectivity index (χ1v) is 7.50. The first kappa shape index (κ1) is 11.7. The molecule has 0 aliphatic carbocycles. The second-order valence-corrected chi connectivity index (χ2v) is 12.8. The minimum atomic E-state index is -7.20. The molecule has 8 heteroatoms. The third-order valence-electron chi connectivity index (χ3n) is 1.38. The Kier molecular flexibility index (Phi) is 1.37. The van der Waals surface area contributed by atoms with Crippen LogP contribution in [0.25, 0.3) is 0 Å². The first-order chi connectivity index (χ1) is 6.22. The molecule has 0 aromatic rings. The minimum absolute atomic E-state index is 0.919. The molecule has 0 rings (SSSR count). The van der Waals surface area contributed by atoms with Gasteiger partial charge < -0.3 is 0 Å². The van der Waals surface area contributed by atoms with Crippen LogP contribution in [-0.4, -0.2) is 0 Å². The SMILES string of the molecule is N#[C][Fe](=[S])([C]#N)([C]#N)([C]#N)([C]#N)[C]#N. The molecule has 0 unspecified atom stereocenters. The molecular weight excluding hydrogens is 244 g/mol. The van der Waals surface area contributed by atoms with Gasteiger partial charge in [-0.25, -0.2) is 0 Å². The molecule has 0 amide bonds. The molecule has 0 bridgehead atoms. The van der Waals surface area contributed by atoms with Crippen LogP contribution in [0.3, 0.4) is 0 Å². The van der Waals surface area contributed by atoms with Crippen LogP contribution in [0.15, 0.2) is 0 Å². The van der Waals surface area contributed by atoms with Gasteiger partial charge in [-0.3, -0.25) is 0 Å². The molecule has 68 valence electrons. The Hall–Kier alpha value is -2.32. The molecule has 14 heavy (non-hydrogen) atoms. The van der Waals surface area contributed by atoms with Crippen molar-refractivity contribution in [3.05, 3.63) is 0 Å². The molecule has 0 aromatic heterocycles. The van der Waals surface area contributed by atoms with E-state index in [1.165, 1.54) is 0 Å². The quantitative estimate of drug-likeness (QED) is 0.571. The molecule has 0 heterocycles. The summed E-state index contributed by atoms with van der Waals surface area (Å²) in [5, 5.41) is 52.4. The summed E-state index contributed by atoms with van der Waals surface area (Å²) in [6.07, 6.45) is 0. The van der Waals surface area contributed by atoms with E-state index in [2.05, 4.69) is 10.6 Å². The average Bonchev–Trinajstić information content (AvgIpc) is 2.31. The van der Waals surface area contributed by atoms with Gasteiger partial charge in [0.2, 0.25) is 0 Å². The van der Waals surface area contributed by atoms with E-state index in [1.54, 1.807) is 0 Å². The van der Waals surface area contributed by atoms with Gasteiger partial charge >= 0.3 is 80.0 Å². The number of hydrogen-bond acceptors (Lipinski definition) is 7. The summed E-state index contributed by atoms with van der Waals surface area (Å²) in [5.74, 6) is 0. The Morgan fingerprint density at radius 2 is 0.714 bits per heavy atom. The molecule has 6 nitrogen and oxygen atoms in total. The molecule has 0 saturated carbocycles. The zero-order valence-corrected chi connectivity index (χ0v) is 8.37. The van der Waals surface area contributed by atoms with Crippen molar-refractivity contribution in [2.24, 2.45) is 0 Å². The second kappa shape index (κ2) is 1.64. The molecule has 0 aliphatic heterocycles. The van der Waals surface area contributed by atoms with Gasteiger partial charge in [0.05, 0.1) is 0 Å². The van der Waals surface area contributed by atoms with Crippen molar-refractivity contribution < 1.29 is 8.05 Å². The van der Waals surface area contributed by atoms with Crippen molar-refractivity contribution in [3.63, 3.8) is 0 Å². The monoisotopic (exact) mass is 244 g/mol. The van der Waals surface area contributed by atoms with E-state index in [0.717, 1.165) is 29.8 Å². The van der Waals surface area contributed by atoms with Crippen molar-refractivity contribution in [3.8, 4) is 29.8 Å². The van der Waals surface area contributed by atoms with Crippen LogP contribution < -0.4 is 0 Å². The van der Waals surface area contributed by atoms with E-state index < -0.39 is 8.05 Å². The molecular formula is C6FeN6S. The summed E-state index contributed by atoms with van der Waals surface area (Å²) in [6.45, 7) is 0. The molecule has 0 saturated heterocycles. The standard InChI is InChI=1S/6CN.Fe.S/c6*1-2;;. The van der Waals surface area contributed by atoms with Crippen molar-refractivity contribution in [2.75, 3.05) is 0 Å². The Morgan fingerprint density at radius 3 is 0.714 bits per heavy atom. The molecule has 0 aliphatic rings. The van der Waals surface area contributed by atoms with E-state index in [9.17, 15) is 0 Å². The van der Waals surface area contributed by atoms with Crippen LogP contribution in [0, 0.1) is 61.4 Å². The third-order valence-corrected chi connectivity index (χ3v) is 7.28. The summed E-state index contributed by atoms with van der Waals surface area (Å²) >= 11 is 0. The Labute approximate surface area is 80.1 Å². The van der Waals surface area contributed by atoms with E-state index in [1.807, 2.05) is 0 Å². The number of rotatable bonds is 0. The number of nitrogens with zero attached hydrogens (tertiary/aromatic N) is 6. The van der Waals surface area contributed by atoms with Gasteiger partial charge in [-0.1, -0.05) is 0 Å². The summed E-state index contributed by atoms with van der Waals surface area (Å²) < 4.78 is 0. The maximum absolute atomic E-state index is 8.73. The van der Waals surface area contributed by atoms with E-state index in [-0.39, 0.29) is 0 Å². The maximum atomic E-state index is 8.73. The molecule has 0 fully saturated rings. The molecule has 0 spiro atoms. The number of hydrogen-bond donors (Lipinski definition) is 0. The first-order valence-electron chi connectivity index (χ1n) is 2.55. The molecule has 0 aromatic carbocycles. The van der Waals surface area contributed by atoms with Crippen LogP contribution in [-0.2, 0) is 8.05 Å². The van der Waals surface area contributed by atoms with Crippen molar-refractivity contribution in [1.29, 1.82) is 31.6 Å². The number of nitriles is 6. The van der Waals surface area contributed by atoms with Gasteiger partial charge in [0.15, 0.2) is 0 Å². The van der Waals surface area contributed by atoms with Gasteiger partial charge in [0.1, 0.15) is 0 Å². The van der Waals surface area contributed by atoms with Crippen molar-refractivity contribution in [2.45, 2.75) is 0 Å². The molecule has 0 radical (unpaired) electrons. The molecule has 0 atom stereocenters. The second-order valence-electron chi connectivity index (χ2n) is 2.23. The van der Waals surface area contributed by atoms with Crippen LogP contribution >= 0.6 is 10.6 Å². The van der Waals surface area contributed by atoms with E-state index >= 15 is 0 Å². The van der Waals surface area contributed by atoms with Crippen molar-refractivity contribution in [1.82, 2.24) is 0 Å². The fraction of sp³-hybridized carbons (Fsp3) is 0. The van der Waals surface area contributed by atoms with Gasteiger partial charge in [-0.2, -0.15) is 0 Å². The van der Waals surface area contributed by atoms with E-state index in [0.29, 0.717) is 0 Å². The van der Waals surface area contributed by atoms with Gasteiger partial charge in [0.25, 0.3) is 0 Å². The van der Waals surface area contributed by atoms with Gasteiger partial charge in [-0.05, 0) is 0 Å². The van der Waals surface area contributed by atoms with Crippen LogP contribution in [0.5, 0.6) is 0 Å². The summed E-state index contributed by atoms with van der Waals surface area (Å²) in [5.41, 5.74) is 0. The fourth-order valence-electron chi connectivity index (χ4n) is 0.265. The molecule has 0 N–H and O–H groups in total.